The summed E-state index contributed by atoms with van der Waals surface area (Å²) in [6.45, 7) is 0. The van der Waals surface area contributed by atoms with Crippen LogP contribution in [0.15, 0.2) is 16.5 Å². The van der Waals surface area contributed by atoms with E-state index in [9.17, 15) is 4.79 Å². The van der Waals surface area contributed by atoms with Crippen LogP contribution in [-0.4, -0.2) is 17.1 Å². The molecule has 0 bridgehead atoms. The molecule has 2 heterocycles. The molecular formula is C9H10ClNO3. The Labute approximate surface area is 85.9 Å². The summed E-state index contributed by atoms with van der Waals surface area (Å²) in [6.07, 6.45) is 1.39. The van der Waals surface area contributed by atoms with Gasteiger partial charge in [-0.25, -0.2) is 0 Å². The number of halogens is 1. The summed E-state index contributed by atoms with van der Waals surface area (Å²) < 4.78 is 5.21. The third-order valence-corrected chi connectivity index (χ3v) is 2.59. The van der Waals surface area contributed by atoms with Crippen LogP contribution in [0.3, 0.4) is 0 Å². The normalized spacial score (nSPS) is 26.6. The van der Waals surface area contributed by atoms with Gasteiger partial charge in [-0.1, -0.05) is 0 Å². The van der Waals surface area contributed by atoms with Crippen LogP contribution in [0.2, 0.25) is 5.22 Å². The quantitative estimate of drug-likeness (QED) is 0.790. The number of rotatable bonds is 2. The summed E-state index contributed by atoms with van der Waals surface area (Å²) in [5, 5.41) is 12.1. The first-order valence-electron chi connectivity index (χ1n) is 4.41. The van der Waals surface area contributed by atoms with Crippen LogP contribution >= 0.6 is 11.6 Å². The molecule has 0 aliphatic carbocycles. The molecule has 1 aliphatic rings. The Kier molecular flexibility index (Phi) is 2.48. The van der Waals surface area contributed by atoms with E-state index in [2.05, 4.69) is 5.32 Å². The van der Waals surface area contributed by atoms with E-state index >= 15 is 0 Å². The summed E-state index contributed by atoms with van der Waals surface area (Å²) in [5.74, 6) is -0.107. The SMILES string of the molecule is O=C(O)[C@@H]1CC[C@@H](c2ccc(Cl)o2)N1. The first-order chi connectivity index (χ1) is 6.66. The monoisotopic (exact) mass is 215 g/mol. The van der Waals surface area contributed by atoms with Crippen molar-refractivity contribution in [2.75, 3.05) is 0 Å². The van der Waals surface area contributed by atoms with Crippen LogP contribution in [0, 0.1) is 0 Å². The average Bonchev–Trinajstić information content (AvgIpc) is 2.70. The van der Waals surface area contributed by atoms with Gasteiger partial charge in [0.05, 0.1) is 6.04 Å². The maximum Gasteiger partial charge on any atom is 0.320 e. The lowest BCUT2D eigenvalue weighted by Crippen LogP contribution is -2.31. The molecule has 1 fully saturated rings. The van der Waals surface area contributed by atoms with Crippen molar-refractivity contribution >= 4 is 17.6 Å². The number of hydrogen-bond acceptors (Lipinski definition) is 3. The molecule has 76 valence electrons. The molecule has 0 saturated carbocycles. The van der Waals surface area contributed by atoms with Crippen LogP contribution in [0.25, 0.3) is 0 Å². The Morgan fingerprint density at radius 2 is 2.36 bits per heavy atom. The van der Waals surface area contributed by atoms with Gasteiger partial charge in [-0.3, -0.25) is 10.1 Å². The maximum atomic E-state index is 10.7. The van der Waals surface area contributed by atoms with E-state index in [1.165, 1.54) is 0 Å². The van der Waals surface area contributed by atoms with Gasteiger partial charge in [0.2, 0.25) is 0 Å². The van der Waals surface area contributed by atoms with Crippen molar-refractivity contribution < 1.29 is 14.3 Å². The van der Waals surface area contributed by atoms with Crippen LogP contribution < -0.4 is 5.32 Å². The number of aliphatic carboxylic acids is 1. The Morgan fingerprint density at radius 1 is 1.57 bits per heavy atom. The van der Waals surface area contributed by atoms with Gasteiger partial charge >= 0.3 is 5.97 Å². The molecule has 0 aromatic carbocycles. The molecule has 0 radical (unpaired) electrons. The van der Waals surface area contributed by atoms with Gasteiger partial charge in [0.1, 0.15) is 11.8 Å². The maximum absolute atomic E-state index is 10.7. The largest absolute Gasteiger partial charge is 0.480 e. The molecule has 1 saturated heterocycles. The van der Waals surface area contributed by atoms with E-state index < -0.39 is 12.0 Å². The van der Waals surface area contributed by atoms with Crippen molar-refractivity contribution in [3.05, 3.63) is 23.1 Å². The molecule has 5 heteroatoms. The van der Waals surface area contributed by atoms with Crippen LogP contribution in [0.5, 0.6) is 0 Å². The number of carboxylic acid groups (broad SMARTS) is 1. The lowest BCUT2D eigenvalue weighted by molar-refractivity contribution is -0.139. The van der Waals surface area contributed by atoms with E-state index in [1.54, 1.807) is 12.1 Å². The van der Waals surface area contributed by atoms with Crippen molar-refractivity contribution in [3.63, 3.8) is 0 Å². The number of carboxylic acids is 1. The minimum Gasteiger partial charge on any atom is -0.480 e. The van der Waals surface area contributed by atoms with Crippen molar-refractivity contribution in [2.24, 2.45) is 0 Å². The van der Waals surface area contributed by atoms with Crippen molar-refractivity contribution in [1.29, 1.82) is 0 Å². The molecule has 1 aromatic heterocycles. The number of hydrogen-bond donors (Lipinski definition) is 2. The van der Waals surface area contributed by atoms with Gasteiger partial charge in [-0.2, -0.15) is 0 Å². The topological polar surface area (TPSA) is 62.5 Å². The Bertz CT molecular complexity index is 350. The zero-order chi connectivity index (χ0) is 10.1. The molecule has 1 aromatic rings. The minimum atomic E-state index is -0.815. The molecule has 2 atom stereocenters. The smallest absolute Gasteiger partial charge is 0.320 e. The second-order valence-corrected chi connectivity index (χ2v) is 3.70. The Balaban J connectivity index is 2.05. The van der Waals surface area contributed by atoms with E-state index in [0.717, 1.165) is 6.42 Å². The predicted molar refractivity (Wildman–Crippen MR) is 50.3 cm³/mol. The van der Waals surface area contributed by atoms with Gasteiger partial charge in [0.15, 0.2) is 5.22 Å². The van der Waals surface area contributed by atoms with E-state index in [1.807, 2.05) is 0 Å². The standard InChI is InChI=1S/C9H10ClNO3/c10-8-4-3-7(14-8)5-1-2-6(11-5)9(12)13/h3-6,11H,1-2H2,(H,12,13)/t5-,6-/m0/s1. The number of carbonyl (C=O) groups is 1. The third-order valence-electron chi connectivity index (χ3n) is 2.38. The first-order valence-corrected chi connectivity index (χ1v) is 4.78. The van der Waals surface area contributed by atoms with Crippen LogP contribution in [0.1, 0.15) is 24.6 Å². The highest BCUT2D eigenvalue weighted by Crippen LogP contribution is 2.29. The zero-order valence-corrected chi connectivity index (χ0v) is 8.12. The summed E-state index contributed by atoms with van der Waals surface area (Å²) in [7, 11) is 0. The van der Waals surface area contributed by atoms with Gasteiger partial charge in [0, 0.05) is 0 Å². The molecule has 0 unspecified atom stereocenters. The molecular weight excluding hydrogens is 206 g/mol. The molecule has 14 heavy (non-hydrogen) atoms. The fraction of sp³-hybridized carbons (Fsp3) is 0.444. The lowest BCUT2D eigenvalue weighted by Gasteiger charge is -2.08. The molecule has 0 amide bonds. The van der Waals surface area contributed by atoms with Gasteiger partial charge < -0.3 is 9.52 Å². The molecule has 2 rings (SSSR count). The highest BCUT2D eigenvalue weighted by molar-refractivity contribution is 6.28. The Hall–Kier alpha value is -1.00. The van der Waals surface area contributed by atoms with Crippen molar-refractivity contribution in [2.45, 2.75) is 24.9 Å². The van der Waals surface area contributed by atoms with Crippen molar-refractivity contribution in [1.82, 2.24) is 5.32 Å². The fourth-order valence-corrected chi connectivity index (χ4v) is 1.83. The highest BCUT2D eigenvalue weighted by Gasteiger charge is 2.31. The second-order valence-electron chi connectivity index (χ2n) is 3.33. The molecule has 2 N–H and O–H groups in total. The van der Waals surface area contributed by atoms with E-state index in [4.69, 9.17) is 21.1 Å². The molecule has 1 aliphatic heterocycles. The number of furan rings is 1. The van der Waals surface area contributed by atoms with Crippen LogP contribution in [0.4, 0.5) is 0 Å². The summed E-state index contributed by atoms with van der Waals surface area (Å²) in [4.78, 5) is 10.7. The predicted octanol–water partition coefficient (Wildman–Crippen LogP) is 1.81. The van der Waals surface area contributed by atoms with E-state index in [-0.39, 0.29) is 6.04 Å². The summed E-state index contributed by atoms with van der Waals surface area (Å²) in [5.41, 5.74) is 0. The van der Waals surface area contributed by atoms with Crippen LogP contribution in [-0.2, 0) is 4.79 Å². The average molecular weight is 216 g/mol. The molecule has 4 nitrogen and oxygen atoms in total. The Morgan fingerprint density at radius 3 is 2.86 bits per heavy atom. The summed E-state index contributed by atoms with van der Waals surface area (Å²) >= 11 is 5.63. The fourth-order valence-electron chi connectivity index (χ4n) is 1.68. The third kappa shape index (κ3) is 1.76. The second kappa shape index (κ2) is 3.63. The summed E-state index contributed by atoms with van der Waals surface area (Å²) in [6, 6.07) is 2.93. The molecule has 0 spiro atoms. The van der Waals surface area contributed by atoms with Gasteiger partial charge in [-0.15, -0.1) is 0 Å². The van der Waals surface area contributed by atoms with E-state index in [0.29, 0.717) is 17.4 Å². The first kappa shape index (κ1) is 9.55. The number of nitrogens with one attached hydrogen (secondary N) is 1. The highest BCUT2D eigenvalue weighted by atomic mass is 35.5. The van der Waals surface area contributed by atoms with Gasteiger partial charge in [-0.05, 0) is 36.6 Å². The van der Waals surface area contributed by atoms with Gasteiger partial charge in [0.25, 0.3) is 0 Å². The minimum absolute atomic E-state index is 0.0244. The zero-order valence-electron chi connectivity index (χ0n) is 7.37. The lowest BCUT2D eigenvalue weighted by atomic mass is 10.1. The van der Waals surface area contributed by atoms with Crippen molar-refractivity contribution in [3.8, 4) is 0 Å².